The summed E-state index contributed by atoms with van der Waals surface area (Å²) in [6.07, 6.45) is 0. The molecular formula is C48H36S. The summed E-state index contributed by atoms with van der Waals surface area (Å²) in [6, 6.07) is 60.9. The molecule has 1 heteroatoms. The minimum Gasteiger partial charge on any atom is -0.135 e. The summed E-state index contributed by atoms with van der Waals surface area (Å²) in [4.78, 5) is 0. The number of thiophene rings is 1. The minimum atomic E-state index is 0.151. The van der Waals surface area contributed by atoms with E-state index in [1.54, 1.807) is 0 Å². The second-order valence-electron chi connectivity index (χ2n) is 14.3. The normalized spacial score (nSPS) is 12.0. The van der Waals surface area contributed by atoms with Crippen molar-refractivity contribution >= 4 is 53.1 Å². The van der Waals surface area contributed by atoms with Crippen LogP contribution in [-0.2, 0) is 5.41 Å². The molecule has 0 bridgehead atoms. The molecule has 0 spiro atoms. The van der Waals surface area contributed by atoms with Crippen molar-refractivity contribution in [2.24, 2.45) is 0 Å². The molecule has 49 heavy (non-hydrogen) atoms. The van der Waals surface area contributed by atoms with Gasteiger partial charge in [0.05, 0.1) is 0 Å². The van der Waals surface area contributed by atoms with E-state index in [9.17, 15) is 0 Å². The molecule has 0 fully saturated rings. The monoisotopic (exact) mass is 644 g/mol. The van der Waals surface area contributed by atoms with Crippen molar-refractivity contribution in [3.8, 4) is 44.5 Å². The second-order valence-corrected chi connectivity index (χ2v) is 15.4. The smallest absolute Gasteiger partial charge is 0.0355 e. The fourth-order valence-electron chi connectivity index (χ4n) is 7.16. The molecule has 9 aromatic rings. The molecule has 0 atom stereocenters. The van der Waals surface area contributed by atoms with Crippen molar-refractivity contribution < 1.29 is 0 Å². The lowest BCUT2D eigenvalue weighted by atomic mass is 9.86. The maximum Gasteiger partial charge on any atom is 0.0355 e. The Morgan fingerprint density at radius 3 is 1.33 bits per heavy atom. The van der Waals surface area contributed by atoms with Gasteiger partial charge in [-0.05, 0) is 132 Å². The third-order valence-corrected chi connectivity index (χ3v) is 11.1. The second kappa shape index (κ2) is 11.6. The van der Waals surface area contributed by atoms with E-state index in [-0.39, 0.29) is 5.41 Å². The molecule has 0 N–H and O–H groups in total. The van der Waals surface area contributed by atoms with Gasteiger partial charge in [0, 0.05) is 20.2 Å². The molecule has 234 valence electrons. The Hall–Kier alpha value is -5.50. The highest BCUT2D eigenvalue weighted by molar-refractivity contribution is 7.25. The summed E-state index contributed by atoms with van der Waals surface area (Å²) in [5, 5.41) is 7.70. The van der Waals surface area contributed by atoms with Gasteiger partial charge in [-0.25, -0.2) is 0 Å². The van der Waals surface area contributed by atoms with Crippen LogP contribution >= 0.6 is 11.3 Å². The SMILES string of the molecule is CC(C)(C)c1ccc(-c2ccc3sc4ccc(-c5ccc6cc7cc(-c8cccc(-c9ccccc9)c8)ccc7cc6c5)cc4c3c2)cc1. The van der Waals surface area contributed by atoms with Gasteiger partial charge < -0.3 is 0 Å². The molecule has 0 saturated carbocycles. The molecule has 0 aliphatic rings. The Bertz CT molecular complexity index is 2670. The van der Waals surface area contributed by atoms with Crippen molar-refractivity contribution in [1.29, 1.82) is 0 Å². The highest BCUT2D eigenvalue weighted by atomic mass is 32.1. The maximum atomic E-state index is 2.39. The minimum absolute atomic E-state index is 0.151. The van der Waals surface area contributed by atoms with Gasteiger partial charge in [-0.2, -0.15) is 0 Å². The molecule has 9 rings (SSSR count). The van der Waals surface area contributed by atoms with Gasteiger partial charge >= 0.3 is 0 Å². The summed E-state index contributed by atoms with van der Waals surface area (Å²) in [6.45, 7) is 6.80. The van der Waals surface area contributed by atoms with Crippen LogP contribution in [0.2, 0.25) is 0 Å². The van der Waals surface area contributed by atoms with Gasteiger partial charge in [0.2, 0.25) is 0 Å². The van der Waals surface area contributed by atoms with Crippen LogP contribution in [0.25, 0.3) is 86.2 Å². The van der Waals surface area contributed by atoms with E-state index in [1.807, 2.05) is 11.3 Å². The number of hydrogen-bond acceptors (Lipinski definition) is 1. The van der Waals surface area contributed by atoms with Crippen LogP contribution < -0.4 is 0 Å². The van der Waals surface area contributed by atoms with E-state index < -0.39 is 0 Å². The molecule has 0 saturated heterocycles. The fourth-order valence-corrected chi connectivity index (χ4v) is 8.23. The van der Waals surface area contributed by atoms with Gasteiger partial charge in [-0.3, -0.25) is 0 Å². The highest BCUT2D eigenvalue weighted by Gasteiger charge is 2.14. The van der Waals surface area contributed by atoms with E-state index in [0.29, 0.717) is 0 Å². The summed E-state index contributed by atoms with van der Waals surface area (Å²) in [7, 11) is 0. The van der Waals surface area contributed by atoms with Crippen molar-refractivity contribution in [2.75, 3.05) is 0 Å². The number of hydrogen-bond donors (Lipinski definition) is 0. The van der Waals surface area contributed by atoms with Crippen LogP contribution in [-0.4, -0.2) is 0 Å². The Kier molecular flexibility index (Phi) is 7.00. The number of benzene rings is 8. The van der Waals surface area contributed by atoms with Crippen molar-refractivity contribution in [1.82, 2.24) is 0 Å². The topological polar surface area (TPSA) is 0 Å². The first-order chi connectivity index (χ1) is 23.9. The highest BCUT2D eigenvalue weighted by Crippen LogP contribution is 2.40. The zero-order valence-electron chi connectivity index (χ0n) is 28.0. The zero-order valence-corrected chi connectivity index (χ0v) is 28.8. The molecule has 0 aliphatic heterocycles. The van der Waals surface area contributed by atoms with Gasteiger partial charge in [0.15, 0.2) is 0 Å². The third kappa shape index (κ3) is 5.51. The Morgan fingerprint density at radius 1 is 0.327 bits per heavy atom. The van der Waals surface area contributed by atoms with Crippen LogP contribution in [0.15, 0.2) is 164 Å². The van der Waals surface area contributed by atoms with Crippen molar-refractivity contribution in [3.05, 3.63) is 169 Å². The lowest BCUT2D eigenvalue weighted by molar-refractivity contribution is 0.590. The Morgan fingerprint density at radius 2 is 0.755 bits per heavy atom. The van der Waals surface area contributed by atoms with E-state index in [0.717, 1.165) is 0 Å². The van der Waals surface area contributed by atoms with E-state index in [2.05, 4.69) is 185 Å². The average molecular weight is 645 g/mol. The number of rotatable bonds is 4. The first kappa shape index (κ1) is 29.6. The molecule has 0 nitrogen and oxygen atoms in total. The predicted octanol–water partition coefficient (Wildman–Crippen LogP) is 14.3. The molecule has 0 aliphatic carbocycles. The largest absolute Gasteiger partial charge is 0.135 e. The summed E-state index contributed by atoms with van der Waals surface area (Å²) in [5.41, 5.74) is 11.5. The molecule has 0 radical (unpaired) electrons. The number of fused-ring (bicyclic) bond motifs is 5. The summed E-state index contributed by atoms with van der Waals surface area (Å²) < 4.78 is 2.66. The zero-order chi connectivity index (χ0) is 33.1. The third-order valence-electron chi connectivity index (χ3n) is 9.99. The van der Waals surface area contributed by atoms with Gasteiger partial charge in [-0.1, -0.05) is 130 Å². The van der Waals surface area contributed by atoms with Gasteiger partial charge in [0.25, 0.3) is 0 Å². The lowest BCUT2D eigenvalue weighted by Gasteiger charge is -2.19. The van der Waals surface area contributed by atoms with Crippen molar-refractivity contribution in [3.63, 3.8) is 0 Å². The van der Waals surface area contributed by atoms with E-state index in [1.165, 1.54) is 91.8 Å². The molecule has 0 amide bonds. The molecule has 8 aromatic carbocycles. The quantitative estimate of drug-likeness (QED) is 0.167. The van der Waals surface area contributed by atoms with E-state index in [4.69, 9.17) is 0 Å². The lowest BCUT2D eigenvalue weighted by Crippen LogP contribution is -2.10. The standard InChI is InChI=1S/C48H36S/c1-48(2,3)43-20-16-32(17-21-43)39-18-22-46-44(29-39)45-30-40(19-23-47(45)49-46)36-13-15-38-27-41-25-35(12-14-37(41)28-42(38)26-36)34-11-7-10-33(24-34)31-8-5-4-6-9-31/h4-30H,1-3H3. The van der Waals surface area contributed by atoms with Crippen LogP contribution in [0.5, 0.6) is 0 Å². The van der Waals surface area contributed by atoms with Crippen molar-refractivity contribution in [2.45, 2.75) is 26.2 Å². The first-order valence-corrected chi connectivity index (χ1v) is 17.9. The fraction of sp³-hybridized carbons (Fsp3) is 0.0833. The maximum absolute atomic E-state index is 2.39. The first-order valence-electron chi connectivity index (χ1n) is 17.1. The predicted molar refractivity (Wildman–Crippen MR) is 215 cm³/mol. The molecule has 1 aromatic heterocycles. The Labute approximate surface area is 291 Å². The van der Waals surface area contributed by atoms with E-state index >= 15 is 0 Å². The Balaban J connectivity index is 1.06. The molecule has 0 unspecified atom stereocenters. The summed E-state index contributed by atoms with van der Waals surface area (Å²) >= 11 is 1.88. The molecule has 1 heterocycles. The van der Waals surface area contributed by atoms with Crippen LogP contribution in [0.3, 0.4) is 0 Å². The van der Waals surface area contributed by atoms with Crippen LogP contribution in [0.4, 0.5) is 0 Å². The van der Waals surface area contributed by atoms with Crippen LogP contribution in [0.1, 0.15) is 26.3 Å². The van der Waals surface area contributed by atoms with Gasteiger partial charge in [-0.15, -0.1) is 11.3 Å². The van der Waals surface area contributed by atoms with Gasteiger partial charge in [0.1, 0.15) is 0 Å². The van der Waals surface area contributed by atoms with Crippen LogP contribution in [0, 0.1) is 0 Å². The summed E-state index contributed by atoms with van der Waals surface area (Å²) in [5.74, 6) is 0. The molecular weight excluding hydrogens is 609 g/mol. The average Bonchev–Trinajstić information content (AvgIpc) is 3.51.